The Balaban J connectivity index is 1.40. The summed E-state index contributed by atoms with van der Waals surface area (Å²) < 4.78 is 7.07. The molecular weight excluding hydrogens is 392 g/mol. The van der Waals surface area contributed by atoms with Crippen LogP contribution in [-0.2, 0) is 11.3 Å². The number of carbonyl (C=O) groups is 2. The minimum absolute atomic E-state index is 0.0250. The molecule has 7 heteroatoms. The first-order valence-corrected chi connectivity index (χ1v) is 10.4. The van der Waals surface area contributed by atoms with Crippen LogP contribution in [0.15, 0.2) is 67.1 Å². The molecule has 0 bridgehead atoms. The highest BCUT2D eigenvalue weighted by Gasteiger charge is 2.30. The first-order valence-electron chi connectivity index (χ1n) is 10.4. The van der Waals surface area contributed by atoms with Crippen molar-refractivity contribution in [2.75, 3.05) is 20.2 Å². The van der Waals surface area contributed by atoms with Crippen molar-refractivity contribution in [1.29, 1.82) is 0 Å². The number of amides is 2. The predicted molar refractivity (Wildman–Crippen MR) is 117 cm³/mol. The van der Waals surface area contributed by atoms with Gasteiger partial charge in [0.2, 0.25) is 5.91 Å². The van der Waals surface area contributed by atoms with Crippen LogP contribution < -0.4 is 10.1 Å². The molecule has 1 unspecified atom stereocenters. The van der Waals surface area contributed by atoms with E-state index in [1.54, 1.807) is 24.4 Å². The molecule has 3 aromatic rings. The van der Waals surface area contributed by atoms with Crippen molar-refractivity contribution in [1.82, 2.24) is 19.8 Å². The van der Waals surface area contributed by atoms with Gasteiger partial charge in [-0.05, 0) is 54.8 Å². The fourth-order valence-electron chi connectivity index (χ4n) is 3.93. The molecule has 0 radical (unpaired) electrons. The molecule has 1 aliphatic rings. The van der Waals surface area contributed by atoms with Crippen LogP contribution in [0.1, 0.15) is 28.9 Å². The maximum Gasteiger partial charge on any atom is 0.270 e. The molecule has 0 aliphatic carbocycles. The molecule has 0 saturated carbocycles. The Kier molecular flexibility index (Phi) is 6.31. The van der Waals surface area contributed by atoms with Crippen molar-refractivity contribution in [3.63, 3.8) is 0 Å². The highest BCUT2D eigenvalue weighted by atomic mass is 16.5. The van der Waals surface area contributed by atoms with Gasteiger partial charge in [-0.25, -0.2) is 0 Å². The number of rotatable bonds is 6. The third-order valence-electron chi connectivity index (χ3n) is 5.57. The summed E-state index contributed by atoms with van der Waals surface area (Å²) in [6.07, 6.45) is 6.86. The molecule has 1 aliphatic heterocycles. The molecule has 0 spiro atoms. The molecule has 2 amide bonds. The molecule has 1 N–H and O–H groups in total. The highest BCUT2D eigenvalue weighted by Crippen LogP contribution is 2.21. The molecule has 4 rings (SSSR count). The minimum Gasteiger partial charge on any atom is -0.497 e. The zero-order valence-corrected chi connectivity index (χ0v) is 17.5. The standard InChI is InChI=1S/C24H26N4O3/c1-31-21-9-2-6-18(14-21)15-26-23(29)19-7-4-12-27(17-19)24(30)22-10-5-13-28(22)20-8-3-11-25-16-20/h2-3,5-6,8-11,13-14,16,19H,4,7,12,15,17H2,1H3,(H,26,29). The number of carbonyl (C=O) groups excluding carboxylic acids is 2. The van der Waals surface area contributed by atoms with E-state index in [9.17, 15) is 9.59 Å². The topological polar surface area (TPSA) is 76.5 Å². The minimum atomic E-state index is -0.217. The van der Waals surface area contributed by atoms with Gasteiger partial charge < -0.3 is 19.5 Å². The first-order chi connectivity index (χ1) is 15.2. The number of likely N-dealkylation sites (tertiary alicyclic amines) is 1. The average molecular weight is 418 g/mol. The molecule has 3 heterocycles. The molecular formula is C24H26N4O3. The summed E-state index contributed by atoms with van der Waals surface area (Å²) in [7, 11) is 1.62. The van der Waals surface area contributed by atoms with Gasteiger partial charge >= 0.3 is 0 Å². The highest BCUT2D eigenvalue weighted by molar-refractivity contribution is 5.94. The number of pyridine rings is 1. The third-order valence-corrected chi connectivity index (χ3v) is 5.57. The van der Waals surface area contributed by atoms with Gasteiger partial charge in [0.15, 0.2) is 0 Å². The summed E-state index contributed by atoms with van der Waals surface area (Å²) in [4.78, 5) is 31.9. The number of benzene rings is 1. The van der Waals surface area contributed by atoms with E-state index in [-0.39, 0.29) is 17.7 Å². The monoisotopic (exact) mass is 418 g/mol. The van der Waals surface area contributed by atoms with Crippen LogP contribution >= 0.6 is 0 Å². The molecule has 31 heavy (non-hydrogen) atoms. The zero-order valence-electron chi connectivity index (χ0n) is 17.5. The van der Waals surface area contributed by atoms with Gasteiger partial charge in [0.25, 0.3) is 5.91 Å². The van der Waals surface area contributed by atoms with Crippen molar-refractivity contribution in [2.45, 2.75) is 19.4 Å². The Morgan fingerprint density at radius 1 is 1.19 bits per heavy atom. The van der Waals surface area contributed by atoms with Crippen LogP contribution in [0.3, 0.4) is 0 Å². The molecule has 1 atom stereocenters. The Labute approximate surface area is 181 Å². The summed E-state index contributed by atoms with van der Waals surface area (Å²) in [5.74, 6) is 0.449. The fraction of sp³-hybridized carbons (Fsp3) is 0.292. The normalized spacial score (nSPS) is 16.0. The lowest BCUT2D eigenvalue weighted by molar-refractivity contribution is -0.126. The molecule has 7 nitrogen and oxygen atoms in total. The fourth-order valence-corrected chi connectivity index (χ4v) is 3.93. The maximum absolute atomic E-state index is 13.2. The molecule has 1 saturated heterocycles. The first kappa shape index (κ1) is 20.7. The lowest BCUT2D eigenvalue weighted by atomic mass is 9.96. The number of hydrogen-bond acceptors (Lipinski definition) is 4. The Hall–Kier alpha value is -3.61. The van der Waals surface area contributed by atoms with Gasteiger partial charge in [0.05, 0.1) is 24.9 Å². The van der Waals surface area contributed by atoms with Crippen LogP contribution in [-0.4, -0.2) is 46.5 Å². The van der Waals surface area contributed by atoms with Crippen molar-refractivity contribution in [3.05, 3.63) is 78.4 Å². The van der Waals surface area contributed by atoms with Gasteiger partial charge in [0, 0.05) is 32.0 Å². The van der Waals surface area contributed by atoms with Crippen LogP contribution in [0.25, 0.3) is 5.69 Å². The predicted octanol–water partition coefficient (Wildman–Crippen LogP) is 3.05. The summed E-state index contributed by atoms with van der Waals surface area (Å²) in [5, 5.41) is 3.01. The van der Waals surface area contributed by atoms with E-state index in [2.05, 4.69) is 10.3 Å². The number of nitrogens with zero attached hydrogens (tertiary/aromatic N) is 3. The van der Waals surface area contributed by atoms with Gasteiger partial charge in [0.1, 0.15) is 11.4 Å². The third kappa shape index (κ3) is 4.77. The number of hydrogen-bond donors (Lipinski definition) is 1. The van der Waals surface area contributed by atoms with Crippen molar-refractivity contribution >= 4 is 11.8 Å². The summed E-state index contributed by atoms with van der Waals surface area (Å²) in [6, 6.07) is 15.0. The maximum atomic E-state index is 13.2. The number of aromatic nitrogens is 2. The SMILES string of the molecule is COc1cccc(CNC(=O)C2CCCN(C(=O)c3cccn3-c3cccnc3)C2)c1. The van der Waals surface area contributed by atoms with Crippen LogP contribution in [0.2, 0.25) is 0 Å². The van der Waals surface area contributed by atoms with E-state index in [1.165, 1.54) is 0 Å². The van der Waals surface area contributed by atoms with Gasteiger partial charge in [-0.1, -0.05) is 12.1 Å². The van der Waals surface area contributed by atoms with Crippen LogP contribution in [0.4, 0.5) is 0 Å². The van der Waals surface area contributed by atoms with E-state index < -0.39 is 0 Å². The van der Waals surface area contributed by atoms with Crippen LogP contribution in [0, 0.1) is 5.92 Å². The molecule has 1 aromatic carbocycles. The second kappa shape index (κ2) is 9.47. The summed E-state index contributed by atoms with van der Waals surface area (Å²) >= 11 is 0. The summed E-state index contributed by atoms with van der Waals surface area (Å²) in [6.45, 7) is 1.50. The van der Waals surface area contributed by atoms with Crippen molar-refractivity contribution in [2.24, 2.45) is 5.92 Å². The number of nitrogens with one attached hydrogen (secondary N) is 1. The van der Waals surface area contributed by atoms with E-state index in [1.807, 2.05) is 59.3 Å². The van der Waals surface area contributed by atoms with Gasteiger partial charge in [-0.15, -0.1) is 0 Å². The molecule has 1 fully saturated rings. The average Bonchev–Trinajstić information content (AvgIpc) is 3.33. The number of ether oxygens (including phenoxy) is 1. The second-order valence-corrected chi connectivity index (χ2v) is 7.63. The Morgan fingerprint density at radius 2 is 2.10 bits per heavy atom. The smallest absolute Gasteiger partial charge is 0.270 e. The lowest BCUT2D eigenvalue weighted by Crippen LogP contribution is -2.45. The Bertz CT molecular complexity index is 1050. The van der Waals surface area contributed by atoms with Gasteiger partial charge in [-0.2, -0.15) is 0 Å². The van der Waals surface area contributed by atoms with E-state index >= 15 is 0 Å². The Morgan fingerprint density at radius 3 is 2.90 bits per heavy atom. The summed E-state index contributed by atoms with van der Waals surface area (Å²) in [5.41, 5.74) is 2.39. The van der Waals surface area contributed by atoms with E-state index in [0.29, 0.717) is 25.3 Å². The molecule has 2 aromatic heterocycles. The van der Waals surface area contributed by atoms with Gasteiger partial charge in [-0.3, -0.25) is 14.6 Å². The zero-order chi connectivity index (χ0) is 21.6. The van der Waals surface area contributed by atoms with Crippen molar-refractivity contribution in [3.8, 4) is 11.4 Å². The molecule has 160 valence electrons. The largest absolute Gasteiger partial charge is 0.497 e. The van der Waals surface area contributed by atoms with E-state index in [0.717, 1.165) is 29.8 Å². The lowest BCUT2D eigenvalue weighted by Gasteiger charge is -2.32. The quantitative estimate of drug-likeness (QED) is 0.668. The van der Waals surface area contributed by atoms with Crippen molar-refractivity contribution < 1.29 is 14.3 Å². The second-order valence-electron chi connectivity index (χ2n) is 7.63. The number of methoxy groups -OCH3 is 1. The van der Waals surface area contributed by atoms with Crippen LogP contribution in [0.5, 0.6) is 5.75 Å². The van der Waals surface area contributed by atoms with E-state index in [4.69, 9.17) is 4.74 Å². The number of piperidine rings is 1.